The molecule has 0 saturated carbocycles. The molecule has 2 rings (SSSR count). The second-order valence-electron chi connectivity index (χ2n) is 6.12. The summed E-state index contributed by atoms with van der Waals surface area (Å²) in [5.74, 6) is -2.64. The van der Waals surface area contributed by atoms with Crippen molar-refractivity contribution >= 4 is 18.4 Å². The molecular formula is C22H19FO7. The van der Waals surface area contributed by atoms with Gasteiger partial charge in [-0.05, 0) is 42.3 Å². The van der Waals surface area contributed by atoms with Crippen LogP contribution in [-0.2, 0) is 19.1 Å². The van der Waals surface area contributed by atoms with Gasteiger partial charge in [0.2, 0.25) is 0 Å². The van der Waals surface area contributed by atoms with E-state index in [1.54, 1.807) is 0 Å². The van der Waals surface area contributed by atoms with Crippen LogP contribution in [0.2, 0.25) is 0 Å². The van der Waals surface area contributed by atoms with Gasteiger partial charge < -0.3 is 18.9 Å². The van der Waals surface area contributed by atoms with Crippen molar-refractivity contribution in [2.45, 2.75) is 6.92 Å². The molecule has 0 fully saturated rings. The molecule has 0 radical (unpaired) electrons. The number of carbonyl (C=O) groups is 3. The Bertz CT molecular complexity index is 1010. The zero-order valence-corrected chi connectivity index (χ0v) is 16.4. The van der Waals surface area contributed by atoms with Gasteiger partial charge in [0.15, 0.2) is 23.1 Å². The fourth-order valence-corrected chi connectivity index (χ4v) is 2.27. The first kappa shape index (κ1) is 22.5. The average Bonchev–Trinajstić information content (AvgIpc) is 2.70. The van der Waals surface area contributed by atoms with Gasteiger partial charge in [-0.1, -0.05) is 25.3 Å². The summed E-state index contributed by atoms with van der Waals surface area (Å²) < 4.78 is 34.2. The van der Waals surface area contributed by atoms with Crippen LogP contribution in [0.5, 0.6) is 17.2 Å². The van der Waals surface area contributed by atoms with Crippen molar-refractivity contribution in [2.75, 3.05) is 13.7 Å². The van der Waals surface area contributed by atoms with E-state index in [0.717, 1.165) is 6.07 Å². The third kappa shape index (κ3) is 5.62. The smallest absolute Gasteiger partial charge is 0.341 e. The second kappa shape index (κ2) is 10.1. The first-order valence-corrected chi connectivity index (χ1v) is 8.57. The summed E-state index contributed by atoms with van der Waals surface area (Å²) in [6.45, 7) is 8.59. The van der Waals surface area contributed by atoms with Crippen molar-refractivity contribution in [1.82, 2.24) is 0 Å². The molecule has 0 bridgehead atoms. The first-order valence-electron chi connectivity index (χ1n) is 8.57. The fraction of sp³-hybridized carbons (Fsp3) is 0.136. The van der Waals surface area contributed by atoms with Gasteiger partial charge in [0, 0.05) is 12.7 Å². The summed E-state index contributed by atoms with van der Waals surface area (Å²) in [5.41, 5.74) is 1.03. The lowest BCUT2D eigenvalue weighted by molar-refractivity contribution is -0.131. The van der Waals surface area contributed by atoms with E-state index in [2.05, 4.69) is 13.2 Å². The van der Waals surface area contributed by atoms with Crippen LogP contribution >= 0.6 is 0 Å². The number of ether oxygens (including phenoxy) is 4. The topological polar surface area (TPSA) is 88.1 Å². The molecule has 8 heteroatoms. The molecular weight excluding hydrogens is 395 g/mol. The number of hydrogen-bond donors (Lipinski definition) is 0. The quantitative estimate of drug-likeness (QED) is 0.268. The van der Waals surface area contributed by atoms with E-state index in [0.29, 0.717) is 11.1 Å². The molecule has 0 aromatic heterocycles. The van der Waals surface area contributed by atoms with Crippen LogP contribution in [0.4, 0.5) is 4.39 Å². The minimum atomic E-state index is -0.812. The Kier molecular flexibility index (Phi) is 7.60. The molecule has 0 unspecified atom stereocenters. The minimum Gasteiger partial charge on any atom is -0.425 e. The molecule has 0 N–H and O–H groups in total. The zero-order valence-electron chi connectivity index (χ0n) is 16.4. The highest BCUT2D eigenvalue weighted by Gasteiger charge is 2.16. The SMILES string of the molecule is C=C(C)C(=O)Oc1cc(-c2ccc(OC(=O)C(=C)COC)c(F)c2)ccc1OC=O. The predicted octanol–water partition coefficient (Wildman–Crippen LogP) is 3.62. The average molecular weight is 414 g/mol. The third-order valence-electron chi connectivity index (χ3n) is 3.75. The Hall–Kier alpha value is -3.78. The summed E-state index contributed by atoms with van der Waals surface area (Å²) in [6, 6.07) is 8.26. The predicted molar refractivity (Wildman–Crippen MR) is 106 cm³/mol. The van der Waals surface area contributed by atoms with Gasteiger partial charge in [0.05, 0.1) is 12.2 Å². The second-order valence-corrected chi connectivity index (χ2v) is 6.12. The largest absolute Gasteiger partial charge is 0.425 e. The molecule has 0 aliphatic heterocycles. The number of methoxy groups -OCH3 is 1. The number of carbonyl (C=O) groups excluding carboxylic acids is 3. The Labute approximate surface area is 172 Å². The van der Waals surface area contributed by atoms with Gasteiger partial charge in [-0.3, -0.25) is 4.79 Å². The van der Waals surface area contributed by atoms with Gasteiger partial charge in [-0.15, -0.1) is 0 Å². The number of benzene rings is 2. The van der Waals surface area contributed by atoms with E-state index in [1.165, 1.54) is 44.4 Å². The maximum absolute atomic E-state index is 14.5. The van der Waals surface area contributed by atoms with Crippen molar-refractivity contribution in [3.05, 3.63) is 66.5 Å². The summed E-state index contributed by atoms with van der Waals surface area (Å²) >= 11 is 0. The zero-order chi connectivity index (χ0) is 22.3. The van der Waals surface area contributed by atoms with Gasteiger partial charge in [-0.2, -0.15) is 0 Å². The van der Waals surface area contributed by atoms with E-state index >= 15 is 0 Å². The van der Waals surface area contributed by atoms with Crippen molar-refractivity contribution in [3.8, 4) is 28.4 Å². The van der Waals surface area contributed by atoms with E-state index in [9.17, 15) is 18.8 Å². The van der Waals surface area contributed by atoms with Gasteiger partial charge in [-0.25, -0.2) is 14.0 Å². The number of hydrogen-bond acceptors (Lipinski definition) is 7. The Morgan fingerprint density at radius 3 is 2.13 bits per heavy atom. The molecule has 0 aliphatic rings. The Morgan fingerprint density at radius 1 is 0.967 bits per heavy atom. The van der Waals surface area contributed by atoms with Crippen LogP contribution < -0.4 is 14.2 Å². The van der Waals surface area contributed by atoms with E-state index < -0.39 is 17.8 Å². The van der Waals surface area contributed by atoms with Crippen LogP contribution in [-0.4, -0.2) is 32.1 Å². The Balaban J connectivity index is 2.32. The Morgan fingerprint density at radius 2 is 1.57 bits per heavy atom. The molecule has 2 aromatic carbocycles. The summed E-state index contributed by atoms with van der Waals surface area (Å²) in [6.07, 6.45) is 0. The molecule has 0 atom stereocenters. The van der Waals surface area contributed by atoms with Crippen LogP contribution in [0.25, 0.3) is 11.1 Å². The summed E-state index contributed by atoms with van der Waals surface area (Å²) in [5, 5.41) is 0. The van der Waals surface area contributed by atoms with Crippen molar-refractivity contribution in [3.63, 3.8) is 0 Å². The summed E-state index contributed by atoms with van der Waals surface area (Å²) in [7, 11) is 1.39. The van der Waals surface area contributed by atoms with E-state index in [1.807, 2.05) is 0 Å². The van der Waals surface area contributed by atoms with Crippen LogP contribution in [0.1, 0.15) is 6.92 Å². The molecule has 0 heterocycles. The lowest BCUT2D eigenvalue weighted by Gasteiger charge is -2.12. The molecule has 0 amide bonds. The van der Waals surface area contributed by atoms with E-state index in [-0.39, 0.29) is 41.5 Å². The van der Waals surface area contributed by atoms with E-state index in [4.69, 9.17) is 18.9 Å². The van der Waals surface area contributed by atoms with Crippen LogP contribution in [0, 0.1) is 5.82 Å². The molecule has 7 nitrogen and oxygen atoms in total. The van der Waals surface area contributed by atoms with Crippen molar-refractivity contribution in [1.29, 1.82) is 0 Å². The fourth-order valence-electron chi connectivity index (χ4n) is 2.27. The number of halogens is 1. The van der Waals surface area contributed by atoms with Gasteiger partial charge >= 0.3 is 11.9 Å². The van der Waals surface area contributed by atoms with Crippen LogP contribution in [0.15, 0.2) is 60.7 Å². The molecule has 2 aromatic rings. The molecule has 0 saturated heterocycles. The van der Waals surface area contributed by atoms with Crippen molar-refractivity contribution in [2.24, 2.45) is 0 Å². The van der Waals surface area contributed by atoms with Crippen molar-refractivity contribution < 1.29 is 37.7 Å². The highest BCUT2D eigenvalue weighted by Crippen LogP contribution is 2.34. The summed E-state index contributed by atoms with van der Waals surface area (Å²) in [4.78, 5) is 34.3. The molecule has 156 valence electrons. The number of esters is 2. The highest BCUT2D eigenvalue weighted by molar-refractivity contribution is 5.90. The minimum absolute atomic E-state index is 0.00558. The first-order chi connectivity index (χ1) is 14.3. The molecule has 30 heavy (non-hydrogen) atoms. The molecule has 0 aliphatic carbocycles. The lowest BCUT2D eigenvalue weighted by atomic mass is 10.0. The monoisotopic (exact) mass is 414 g/mol. The third-order valence-corrected chi connectivity index (χ3v) is 3.75. The standard InChI is InChI=1S/C22H19FO7/c1-13(2)21(25)30-20-10-16(6-8-19(20)28-12-24)15-5-7-18(17(23)9-15)29-22(26)14(3)11-27-4/h5-10,12H,1,3,11H2,2,4H3. The lowest BCUT2D eigenvalue weighted by Crippen LogP contribution is -2.14. The maximum atomic E-state index is 14.5. The van der Waals surface area contributed by atoms with Crippen LogP contribution in [0.3, 0.4) is 0 Å². The van der Waals surface area contributed by atoms with Gasteiger partial charge in [0.1, 0.15) is 0 Å². The maximum Gasteiger partial charge on any atom is 0.341 e. The highest BCUT2D eigenvalue weighted by atomic mass is 19.1. The number of rotatable bonds is 9. The van der Waals surface area contributed by atoms with Gasteiger partial charge in [0.25, 0.3) is 6.47 Å². The molecule has 0 spiro atoms. The normalized spacial score (nSPS) is 10.1.